The molecule has 2 aliphatic heterocycles. The lowest BCUT2D eigenvalue weighted by atomic mass is 9.99. The van der Waals surface area contributed by atoms with Crippen LogP contribution in [-0.2, 0) is 23.6 Å². The zero-order valence-corrected chi connectivity index (χ0v) is 14.2. The number of nitrogens with zero attached hydrogens (tertiary/aromatic N) is 5. The van der Waals surface area contributed by atoms with Gasteiger partial charge in [0.2, 0.25) is 10.0 Å². The molecule has 0 spiro atoms. The molecule has 3 heterocycles. The van der Waals surface area contributed by atoms with Crippen LogP contribution in [0.1, 0.15) is 43.3 Å². The van der Waals surface area contributed by atoms with E-state index in [4.69, 9.17) is 0 Å². The summed E-state index contributed by atoms with van der Waals surface area (Å²) < 4.78 is 27.1. The Kier molecular flexibility index (Phi) is 4.52. The van der Waals surface area contributed by atoms with Gasteiger partial charge in [0.05, 0.1) is 12.8 Å². The van der Waals surface area contributed by atoms with Crippen molar-refractivity contribution in [3.05, 3.63) is 11.6 Å². The van der Waals surface area contributed by atoms with Crippen molar-refractivity contribution in [2.24, 2.45) is 7.05 Å². The van der Waals surface area contributed by atoms with Gasteiger partial charge in [0.1, 0.15) is 11.6 Å². The van der Waals surface area contributed by atoms with Crippen molar-refractivity contribution in [3.8, 4) is 0 Å². The molecular weight excluding hydrogens is 302 g/mol. The van der Waals surface area contributed by atoms with Crippen LogP contribution in [-0.4, -0.2) is 64.8 Å². The standard InChI is InChI=1S/C14H25N5O2S/c1-17-13(11-18-7-3-4-8-18)15-16-14(17)12-6-5-9-19(10-12)22(2,20)21/h12H,3-11H2,1-2H3/t12-/m1/s1. The lowest BCUT2D eigenvalue weighted by molar-refractivity contribution is 0.303. The third kappa shape index (κ3) is 3.33. The highest BCUT2D eigenvalue weighted by molar-refractivity contribution is 7.88. The topological polar surface area (TPSA) is 71.3 Å². The molecule has 0 aliphatic carbocycles. The van der Waals surface area contributed by atoms with E-state index in [-0.39, 0.29) is 5.92 Å². The van der Waals surface area contributed by atoms with Crippen LogP contribution in [0.2, 0.25) is 0 Å². The highest BCUT2D eigenvalue weighted by atomic mass is 32.2. The van der Waals surface area contributed by atoms with E-state index in [0.29, 0.717) is 13.1 Å². The molecular formula is C14H25N5O2S. The van der Waals surface area contributed by atoms with Gasteiger partial charge in [-0.2, -0.15) is 0 Å². The number of aromatic nitrogens is 3. The Balaban J connectivity index is 1.73. The molecule has 2 saturated heterocycles. The Morgan fingerprint density at radius 3 is 2.55 bits per heavy atom. The fourth-order valence-corrected chi connectivity index (χ4v) is 4.38. The summed E-state index contributed by atoms with van der Waals surface area (Å²) in [4.78, 5) is 2.40. The minimum atomic E-state index is -3.12. The Bertz CT molecular complexity index is 621. The minimum absolute atomic E-state index is 0.147. The predicted octanol–water partition coefficient (Wildman–Crippen LogP) is 0.550. The molecule has 0 amide bonds. The van der Waals surface area contributed by atoms with Crippen molar-refractivity contribution in [3.63, 3.8) is 0 Å². The van der Waals surface area contributed by atoms with Gasteiger partial charge < -0.3 is 4.57 Å². The van der Waals surface area contributed by atoms with E-state index in [1.54, 1.807) is 4.31 Å². The first-order chi connectivity index (χ1) is 10.4. The largest absolute Gasteiger partial charge is 0.317 e. The molecule has 2 fully saturated rings. The second-order valence-electron chi connectivity index (χ2n) is 6.48. The summed E-state index contributed by atoms with van der Waals surface area (Å²) in [6, 6.07) is 0. The summed E-state index contributed by atoms with van der Waals surface area (Å²) in [6.07, 6.45) is 5.66. The summed E-state index contributed by atoms with van der Waals surface area (Å²) in [5.41, 5.74) is 0. The Hall–Kier alpha value is -0.990. The molecule has 0 saturated carbocycles. The zero-order chi connectivity index (χ0) is 15.7. The average molecular weight is 327 g/mol. The first kappa shape index (κ1) is 15.9. The van der Waals surface area contributed by atoms with E-state index in [1.165, 1.54) is 19.1 Å². The highest BCUT2D eigenvalue weighted by Gasteiger charge is 2.30. The molecule has 124 valence electrons. The van der Waals surface area contributed by atoms with Gasteiger partial charge in [-0.05, 0) is 38.8 Å². The highest BCUT2D eigenvalue weighted by Crippen LogP contribution is 2.27. The van der Waals surface area contributed by atoms with E-state index in [1.807, 2.05) is 7.05 Å². The van der Waals surface area contributed by atoms with Gasteiger partial charge in [-0.3, -0.25) is 4.90 Å². The van der Waals surface area contributed by atoms with Crippen molar-refractivity contribution < 1.29 is 8.42 Å². The van der Waals surface area contributed by atoms with Crippen LogP contribution in [0.4, 0.5) is 0 Å². The van der Waals surface area contributed by atoms with Crippen molar-refractivity contribution in [2.45, 2.75) is 38.1 Å². The normalized spacial score (nSPS) is 24.9. The van der Waals surface area contributed by atoms with Crippen molar-refractivity contribution in [2.75, 3.05) is 32.4 Å². The van der Waals surface area contributed by atoms with Gasteiger partial charge in [-0.1, -0.05) is 0 Å². The minimum Gasteiger partial charge on any atom is -0.317 e. The number of rotatable bonds is 4. The van der Waals surface area contributed by atoms with Crippen LogP contribution in [0, 0.1) is 0 Å². The maximum absolute atomic E-state index is 11.8. The Morgan fingerprint density at radius 1 is 1.14 bits per heavy atom. The first-order valence-corrected chi connectivity index (χ1v) is 9.85. The second-order valence-corrected chi connectivity index (χ2v) is 8.46. The maximum atomic E-state index is 11.8. The molecule has 0 N–H and O–H groups in total. The lowest BCUT2D eigenvalue weighted by Crippen LogP contribution is -2.39. The van der Waals surface area contributed by atoms with Crippen molar-refractivity contribution in [1.82, 2.24) is 24.0 Å². The van der Waals surface area contributed by atoms with Gasteiger partial charge >= 0.3 is 0 Å². The Morgan fingerprint density at radius 2 is 1.86 bits per heavy atom. The van der Waals surface area contributed by atoms with E-state index < -0.39 is 10.0 Å². The smallest absolute Gasteiger partial charge is 0.211 e. The van der Waals surface area contributed by atoms with Gasteiger partial charge in [0.25, 0.3) is 0 Å². The molecule has 1 aromatic heterocycles. The third-order valence-corrected chi connectivity index (χ3v) is 6.05. The van der Waals surface area contributed by atoms with E-state index >= 15 is 0 Å². The van der Waals surface area contributed by atoms with E-state index in [9.17, 15) is 8.42 Å². The van der Waals surface area contributed by atoms with E-state index in [0.717, 1.165) is 44.1 Å². The average Bonchev–Trinajstić information content (AvgIpc) is 3.10. The number of hydrogen-bond donors (Lipinski definition) is 0. The number of likely N-dealkylation sites (tertiary alicyclic amines) is 1. The molecule has 0 aromatic carbocycles. The molecule has 0 unspecified atom stereocenters. The second kappa shape index (κ2) is 6.25. The van der Waals surface area contributed by atoms with Crippen LogP contribution in [0.15, 0.2) is 0 Å². The van der Waals surface area contributed by atoms with Gasteiger partial charge in [0.15, 0.2) is 0 Å². The molecule has 0 bridgehead atoms. The van der Waals surface area contributed by atoms with Gasteiger partial charge in [0, 0.05) is 26.1 Å². The SMILES string of the molecule is Cn1c(CN2CCCC2)nnc1[C@@H]1CCCN(S(C)(=O)=O)C1. The van der Waals surface area contributed by atoms with Crippen LogP contribution in [0.25, 0.3) is 0 Å². The monoisotopic (exact) mass is 327 g/mol. The third-order valence-electron chi connectivity index (χ3n) is 4.78. The molecule has 3 rings (SSSR count). The summed E-state index contributed by atoms with van der Waals surface area (Å²) >= 11 is 0. The van der Waals surface area contributed by atoms with Crippen LogP contribution in [0.5, 0.6) is 0 Å². The number of piperidine rings is 1. The summed E-state index contributed by atoms with van der Waals surface area (Å²) in [5, 5.41) is 8.71. The van der Waals surface area contributed by atoms with Crippen molar-refractivity contribution in [1.29, 1.82) is 0 Å². The summed E-state index contributed by atoms with van der Waals surface area (Å²) in [7, 11) is -1.12. The molecule has 0 radical (unpaired) electrons. The van der Waals surface area contributed by atoms with Crippen LogP contribution < -0.4 is 0 Å². The van der Waals surface area contributed by atoms with Gasteiger partial charge in [-0.15, -0.1) is 10.2 Å². The van der Waals surface area contributed by atoms with Crippen LogP contribution in [0.3, 0.4) is 0 Å². The van der Waals surface area contributed by atoms with E-state index in [2.05, 4.69) is 19.7 Å². The lowest BCUT2D eigenvalue weighted by Gasteiger charge is -2.30. The molecule has 1 atom stereocenters. The molecule has 2 aliphatic rings. The predicted molar refractivity (Wildman–Crippen MR) is 83.9 cm³/mol. The zero-order valence-electron chi connectivity index (χ0n) is 13.4. The molecule has 22 heavy (non-hydrogen) atoms. The fourth-order valence-electron chi connectivity index (χ4n) is 3.46. The first-order valence-electron chi connectivity index (χ1n) is 8.01. The van der Waals surface area contributed by atoms with Gasteiger partial charge in [-0.25, -0.2) is 12.7 Å². The number of hydrogen-bond acceptors (Lipinski definition) is 5. The Labute approximate surface area is 132 Å². The summed E-state index contributed by atoms with van der Waals surface area (Å²) in [5.74, 6) is 2.05. The quantitative estimate of drug-likeness (QED) is 0.808. The van der Waals surface area contributed by atoms with Crippen LogP contribution >= 0.6 is 0 Å². The maximum Gasteiger partial charge on any atom is 0.211 e. The van der Waals surface area contributed by atoms with Crippen molar-refractivity contribution >= 4 is 10.0 Å². The number of sulfonamides is 1. The fraction of sp³-hybridized carbons (Fsp3) is 0.857. The molecule has 8 heteroatoms. The summed E-state index contributed by atoms with van der Waals surface area (Å²) in [6.45, 7) is 4.25. The molecule has 7 nitrogen and oxygen atoms in total. The molecule has 1 aromatic rings.